The van der Waals surface area contributed by atoms with Crippen LogP contribution in [0.5, 0.6) is 5.75 Å². The second kappa shape index (κ2) is 7.19. The fourth-order valence-corrected chi connectivity index (χ4v) is 1.90. The molecule has 0 spiro atoms. The lowest BCUT2D eigenvalue weighted by Crippen LogP contribution is -2.29. The van der Waals surface area contributed by atoms with Crippen molar-refractivity contribution >= 4 is 11.7 Å². The average Bonchev–Trinajstić information content (AvgIpc) is 2.45. The lowest BCUT2D eigenvalue weighted by Gasteiger charge is -2.07. The van der Waals surface area contributed by atoms with Crippen molar-refractivity contribution in [1.82, 2.24) is 5.32 Å². The number of anilines is 1. The van der Waals surface area contributed by atoms with Gasteiger partial charge in [0.2, 0.25) is 0 Å². The molecule has 3 N–H and O–H groups in total. The minimum absolute atomic E-state index is 0.202. The third-order valence-electron chi connectivity index (χ3n) is 2.87. The molecule has 0 heterocycles. The molecule has 104 valence electrons. The van der Waals surface area contributed by atoms with Crippen LogP contribution in [0.3, 0.4) is 0 Å². The molecule has 0 aliphatic carbocycles. The number of benzene rings is 2. The zero-order valence-corrected chi connectivity index (χ0v) is 11.2. The molecular weight excluding hydrogens is 252 g/mol. The largest absolute Gasteiger partial charge is 0.508 e. The maximum absolute atomic E-state index is 11.6. The molecule has 0 atom stereocenters. The molecule has 0 fully saturated rings. The topological polar surface area (TPSA) is 61.4 Å². The van der Waals surface area contributed by atoms with Crippen LogP contribution in [0, 0.1) is 0 Å². The molecule has 20 heavy (non-hydrogen) atoms. The number of aromatic hydroxyl groups is 1. The Labute approximate surface area is 118 Å². The van der Waals surface area contributed by atoms with Crippen molar-refractivity contribution in [3.8, 4) is 5.75 Å². The zero-order valence-electron chi connectivity index (χ0n) is 11.2. The Bertz CT molecular complexity index is 555. The summed E-state index contributed by atoms with van der Waals surface area (Å²) in [6.07, 6.45) is 1.64. The number of carbonyl (C=O) groups is 1. The number of para-hydroxylation sites is 1. The van der Waals surface area contributed by atoms with Crippen molar-refractivity contribution < 1.29 is 9.90 Å². The Morgan fingerprint density at radius 3 is 2.60 bits per heavy atom. The van der Waals surface area contributed by atoms with Crippen LogP contribution in [0.25, 0.3) is 0 Å². The standard InChI is InChI=1S/C16H18N2O2/c19-15-10-4-6-13(12-15)7-5-11-17-16(20)18-14-8-2-1-3-9-14/h1-4,6,8-10,12,19H,5,7,11H2,(H2,17,18,20). The predicted molar refractivity (Wildman–Crippen MR) is 79.9 cm³/mol. The number of nitrogens with one attached hydrogen (secondary N) is 2. The molecule has 0 radical (unpaired) electrons. The van der Waals surface area contributed by atoms with E-state index in [2.05, 4.69) is 10.6 Å². The van der Waals surface area contributed by atoms with Gasteiger partial charge in [-0.1, -0.05) is 30.3 Å². The smallest absolute Gasteiger partial charge is 0.319 e. The van der Waals surface area contributed by atoms with Crippen molar-refractivity contribution in [2.24, 2.45) is 0 Å². The first kappa shape index (κ1) is 13.9. The van der Waals surface area contributed by atoms with Crippen molar-refractivity contribution in [3.05, 3.63) is 60.2 Å². The minimum Gasteiger partial charge on any atom is -0.508 e. The number of hydrogen-bond acceptors (Lipinski definition) is 2. The Kier molecular flexibility index (Phi) is 5.00. The maximum Gasteiger partial charge on any atom is 0.319 e. The number of urea groups is 1. The van der Waals surface area contributed by atoms with Crippen LogP contribution >= 0.6 is 0 Å². The number of carbonyl (C=O) groups excluding carboxylic acids is 1. The highest BCUT2D eigenvalue weighted by molar-refractivity contribution is 5.89. The van der Waals surface area contributed by atoms with Gasteiger partial charge in [-0.3, -0.25) is 0 Å². The van der Waals surface area contributed by atoms with E-state index in [1.807, 2.05) is 42.5 Å². The third kappa shape index (κ3) is 4.65. The monoisotopic (exact) mass is 270 g/mol. The van der Waals surface area contributed by atoms with Crippen LogP contribution in [-0.2, 0) is 6.42 Å². The van der Waals surface area contributed by atoms with E-state index in [1.54, 1.807) is 12.1 Å². The average molecular weight is 270 g/mol. The highest BCUT2D eigenvalue weighted by Gasteiger charge is 2.00. The van der Waals surface area contributed by atoms with E-state index >= 15 is 0 Å². The molecular formula is C16H18N2O2. The first-order chi connectivity index (χ1) is 9.74. The molecule has 0 unspecified atom stereocenters. The van der Waals surface area contributed by atoms with Gasteiger partial charge in [-0.25, -0.2) is 4.79 Å². The minimum atomic E-state index is -0.202. The molecule has 0 saturated carbocycles. The summed E-state index contributed by atoms with van der Waals surface area (Å²) < 4.78 is 0. The van der Waals surface area contributed by atoms with Crippen LogP contribution in [0.1, 0.15) is 12.0 Å². The second-order valence-electron chi connectivity index (χ2n) is 4.52. The molecule has 2 aromatic carbocycles. The highest BCUT2D eigenvalue weighted by Crippen LogP contribution is 2.12. The van der Waals surface area contributed by atoms with Crippen LogP contribution in [0.2, 0.25) is 0 Å². The zero-order chi connectivity index (χ0) is 14.2. The molecule has 4 nitrogen and oxygen atoms in total. The first-order valence-corrected chi connectivity index (χ1v) is 6.62. The van der Waals surface area contributed by atoms with Crippen molar-refractivity contribution in [1.29, 1.82) is 0 Å². The van der Waals surface area contributed by atoms with Gasteiger partial charge in [-0.15, -0.1) is 0 Å². The van der Waals surface area contributed by atoms with E-state index in [9.17, 15) is 9.90 Å². The van der Waals surface area contributed by atoms with Gasteiger partial charge in [0.1, 0.15) is 5.75 Å². The Balaban J connectivity index is 1.67. The van der Waals surface area contributed by atoms with E-state index in [0.29, 0.717) is 6.54 Å². The van der Waals surface area contributed by atoms with Gasteiger partial charge < -0.3 is 15.7 Å². The van der Waals surface area contributed by atoms with Gasteiger partial charge in [0, 0.05) is 12.2 Å². The van der Waals surface area contributed by atoms with Gasteiger partial charge in [0.15, 0.2) is 0 Å². The van der Waals surface area contributed by atoms with Crippen LogP contribution < -0.4 is 10.6 Å². The molecule has 2 aromatic rings. The first-order valence-electron chi connectivity index (χ1n) is 6.62. The number of rotatable bonds is 5. The summed E-state index contributed by atoms with van der Waals surface area (Å²) in [6.45, 7) is 0.592. The molecule has 4 heteroatoms. The van der Waals surface area contributed by atoms with E-state index in [4.69, 9.17) is 0 Å². The van der Waals surface area contributed by atoms with Crippen molar-refractivity contribution in [2.45, 2.75) is 12.8 Å². The summed E-state index contributed by atoms with van der Waals surface area (Å²) in [4.78, 5) is 11.6. The highest BCUT2D eigenvalue weighted by atomic mass is 16.3. The number of phenols is 1. The molecule has 0 bridgehead atoms. The Morgan fingerprint density at radius 1 is 1.05 bits per heavy atom. The normalized spacial score (nSPS) is 10.0. The number of aryl methyl sites for hydroxylation is 1. The van der Waals surface area contributed by atoms with Gasteiger partial charge >= 0.3 is 6.03 Å². The van der Waals surface area contributed by atoms with Gasteiger partial charge in [0.05, 0.1) is 0 Å². The van der Waals surface area contributed by atoms with E-state index in [-0.39, 0.29) is 11.8 Å². The fourth-order valence-electron chi connectivity index (χ4n) is 1.90. The van der Waals surface area contributed by atoms with Gasteiger partial charge in [0.25, 0.3) is 0 Å². The SMILES string of the molecule is O=C(NCCCc1cccc(O)c1)Nc1ccccc1. The summed E-state index contributed by atoms with van der Waals surface area (Å²) in [5.41, 5.74) is 1.84. The lowest BCUT2D eigenvalue weighted by atomic mass is 10.1. The van der Waals surface area contributed by atoms with E-state index in [1.165, 1.54) is 0 Å². The third-order valence-corrected chi connectivity index (χ3v) is 2.87. The van der Waals surface area contributed by atoms with Crippen molar-refractivity contribution in [2.75, 3.05) is 11.9 Å². The number of hydrogen-bond donors (Lipinski definition) is 3. The fraction of sp³-hybridized carbons (Fsp3) is 0.188. The van der Waals surface area contributed by atoms with Gasteiger partial charge in [-0.2, -0.15) is 0 Å². The Hall–Kier alpha value is -2.49. The molecule has 0 aromatic heterocycles. The van der Waals surface area contributed by atoms with Crippen molar-refractivity contribution in [3.63, 3.8) is 0 Å². The van der Waals surface area contributed by atoms with Gasteiger partial charge in [-0.05, 0) is 42.7 Å². The summed E-state index contributed by atoms with van der Waals surface area (Å²) in [5.74, 6) is 0.275. The maximum atomic E-state index is 11.6. The summed E-state index contributed by atoms with van der Waals surface area (Å²) in [6, 6.07) is 16.3. The second-order valence-corrected chi connectivity index (χ2v) is 4.52. The number of phenolic OH excluding ortho intramolecular Hbond substituents is 1. The van der Waals surface area contributed by atoms with Crippen LogP contribution in [0.15, 0.2) is 54.6 Å². The lowest BCUT2D eigenvalue weighted by molar-refractivity contribution is 0.252. The van der Waals surface area contributed by atoms with E-state index < -0.39 is 0 Å². The summed E-state index contributed by atoms with van der Waals surface area (Å²) in [7, 11) is 0. The molecule has 0 aliphatic rings. The molecule has 2 amide bonds. The van der Waals surface area contributed by atoms with E-state index in [0.717, 1.165) is 24.1 Å². The number of amides is 2. The quantitative estimate of drug-likeness (QED) is 0.731. The Morgan fingerprint density at radius 2 is 1.85 bits per heavy atom. The summed E-state index contributed by atoms with van der Waals surface area (Å²) in [5, 5.41) is 14.9. The van der Waals surface area contributed by atoms with Crippen LogP contribution in [0.4, 0.5) is 10.5 Å². The molecule has 0 saturated heterocycles. The van der Waals surface area contributed by atoms with Crippen LogP contribution in [-0.4, -0.2) is 17.7 Å². The predicted octanol–water partition coefficient (Wildman–Crippen LogP) is 3.15. The molecule has 0 aliphatic heterocycles. The molecule has 2 rings (SSSR count). The summed E-state index contributed by atoms with van der Waals surface area (Å²) >= 11 is 0.